The molecule has 3 aliphatic carbocycles. The second-order valence-electron chi connectivity index (χ2n) is 10.7. The molecule has 31 heavy (non-hydrogen) atoms. The van der Waals surface area contributed by atoms with Gasteiger partial charge in [0.15, 0.2) is 0 Å². The summed E-state index contributed by atoms with van der Waals surface area (Å²) in [5.74, 6) is -0.650. The van der Waals surface area contributed by atoms with Crippen LogP contribution in [0.15, 0.2) is 18.2 Å². The Balaban J connectivity index is 1.34. The SMILES string of the molecule is CC1(C)C(=O)N(C2CCC(=O)NC2=O)c2cccc(C34CC(N5CCNCC5)(C3)C4)c21. The van der Waals surface area contributed by atoms with Gasteiger partial charge in [0.25, 0.3) is 0 Å². The number of hydrogen-bond donors (Lipinski definition) is 2. The number of rotatable bonds is 3. The molecule has 2 saturated heterocycles. The summed E-state index contributed by atoms with van der Waals surface area (Å²) >= 11 is 0. The Labute approximate surface area is 182 Å². The van der Waals surface area contributed by atoms with Crippen LogP contribution in [-0.4, -0.2) is 60.4 Å². The third kappa shape index (κ3) is 2.44. The summed E-state index contributed by atoms with van der Waals surface area (Å²) < 4.78 is 0. The quantitative estimate of drug-likeness (QED) is 0.716. The summed E-state index contributed by atoms with van der Waals surface area (Å²) in [6.07, 6.45) is 4.15. The van der Waals surface area contributed by atoms with Gasteiger partial charge in [-0.1, -0.05) is 12.1 Å². The molecule has 164 valence electrons. The van der Waals surface area contributed by atoms with Gasteiger partial charge in [0.1, 0.15) is 6.04 Å². The number of amides is 3. The van der Waals surface area contributed by atoms with Crippen molar-refractivity contribution in [3.63, 3.8) is 0 Å². The van der Waals surface area contributed by atoms with E-state index in [1.54, 1.807) is 4.90 Å². The van der Waals surface area contributed by atoms with Crippen LogP contribution in [0, 0.1) is 0 Å². The van der Waals surface area contributed by atoms with E-state index in [9.17, 15) is 14.4 Å². The molecule has 2 N–H and O–H groups in total. The topological polar surface area (TPSA) is 81.8 Å². The van der Waals surface area contributed by atoms with Gasteiger partial charge in [0.05, 0.1) is 5.41 Å². The summed E-state index contributed by atoms with van der Waals surface area (Å²) in [6.45, 7) is 8.35. The lowest BCUT2D eigenvalue weighted by atomic mass is 9.36. The summed E-state index contributed by atoms with van der Waals surface area (Å²) in [5, 5.41) is 5.87. The van der Waals surface area contributed by atoms with Crippen molar-refractivity contribution in [1.29, 1.82) is 0 Å². The molecule has 0 aromatic heterocycles. The monoisotopic (exact) mass is 422 g/mol. The first-order valence-corrected chi connectivity index (χ1v) is 11.5. The van der Waals surface area contributed by atoms with Crippen molar-refractivity contribution in [3.05, 3.63) is 29.3 Å². The molecule has 3 saturated carbocycles. The minimum Gasteiger partial charge on any atom is -0.314 e. The second-order valence-corrected chi connectivity index (χ2v) is 10.7. The number of piperidine rings is 1. The molecule has 7 heteroatoms. The number of piperazine rings is 1. The number of hydrogen-bond acceptors (Lipinski definition) is 5. The largest absolute Gasteiger partial charge is 0.314 e. The van der Waals surface area contributed by atoms with Crippen molar-refractivity contribution in [1.82, 2.24) is 15.5 Å². The maximum absolute atomic E-state index is 13.6. The maximum Gasteiger partial charge on any atom is 0.249 e. The average Bonchev–Trinajstić information content (AvgIpc) is 2.88. The molecule has 1 aromatic carbocycles. The van der Waals surface area contributed by atoms with E-state index < -0.39 is 11.5 Å². The average molecular weight is 423 g/mol. The zero-order valence-corrected chi connectivity index (χ0v) is 18.3. The van der Waals surface area contributed by atoms with Crippen molar-refractivity contribution in [2.24, 2.45) is 0 Å². The lowest BCUT2D eigenvalue weighted by Crippen LogP contribution is -2.78. The standard InChI is InChI=1S/C24H30N4O3/c1-22(2)19-15(23-12-24(13-23,14-23)27-10-8-25-9-11-27)4-3-5-16(19)28(21(22)31)17-6-7-18(29)26-20(17)30/h3-5,17,25H,6-14H2,1-2H3,(H,26,29,30). The fourth-order valence-corrected chi connectivity index (χ4v) is 7.09. The number of benzene rings is 1. The molecule has 3 aliphatic heterocycles. The van der Waals surface area contributed by atoms with Gasteiger partial charge in [-0.2, -0.15) is 0 Å². The highest BCUT2D eigenvalue weighted by Crippen LogP contribution is 2.71. The van der Waals surface area contributed by atoms with E-state index in [-0.39, 0.29) is 29.6 Å². The van der Waals surface area contributed by atoms with Crippen LogP contribution in [0.4, 0.5) is 5.69 Å². The highest BCUT2D eigenvalue weighted by atomic mass is 16.2. The van der Waals surface area contributed by atoms with Crippen LogP contribution in [0.5, 0.6) is 0 Å². The normalized spacial score (nSPS) is 36.5. The Morgan fingerprint density at radius 3 is 2.42 bits per heavy atom. The minimum absolute atomic E-state index is 0.0344. The predicted molar refractivity (Wildman–Crippen MR) is 116 cm³/mol. The van der Waals surface area contributed by atoms with Crippen LogP contribution in [0.2, 0.25) is 0 Å². The van der Waals surface area contributed by atoms with Crippen LogP contribution >= 0.6 is 0 Å². The Morgan fingerprint density at radius 1 is 1.03 bits per heavy atom. The van der Waals surface area contributed by atoms with E-state index in [4.69, 9.17) is 0 Å². The Bertz CT molecular complexity index is 990. The summed E-state index contributed by atoms with van der Waals surface area (Å²) in [5.41, 5.74) is 3.09. The van der Waals surface area contributed by atoms with Gasteiger partial charge in [0, 0.05) is 49.2 Å². The number of nitrogens with zero attached hydrogens (tertiary/aromatic N) is 2. The summed E-state index contributed by atoms with van der Waals surface area (Å²) in [7, 11) is 0. The van der Waals surface area contributed by atoms with E-state index in [2.05, 4.69) is 21.6 Å². The van der Waals surface area contributed by atoms with E-state index in [1.807, 2.05) is 26.0 Å². The maximum atomic E-state index is 13.6. The molecule has 1 unspecified atom stereocenters. The van der Waals surface area contributed by atoms with Gasteiger partial charge >= 0.3 is 0 Å². The van der Waals surface area contributed by atoms with Crippen LogP contribution in [0.3, 0.4) is 0 Å². The Morgan fingerprint density at radius 2 is 1.74 bits per heavy atom. The second kappa shape index (κ2) is 6.17. The molecule has 3 heterocycles. The molecule has 6 aliphatic rings. The van der Waals surface area contributed by atoms with E-state index in [1.165, 1.54) is 24.8 Å². The number of anilines is 1. The van der Waals surface area contributed by atoms with E-state index >= 15 is 0 Å². The van der Waals surface area contributed by atoms with Gasteiger partial charge < -0.3 is 5.32 Å². The molecule has 2 bridgehead atoms. The minimum atomic E-state index is -0.675. The molecular formula is C24H30N4O3. The summed E-state index contributed by atoms with van der Waals surface area (Å²) in [6, 6.07) is 5.62. The van der Waals surface area contributed by atoms with Gasteiger partial charge in [-0.3, -0.25) is 29.5 Å². The van der Waals surface area contributed by atoms with Crippen molar-refractivity contribution >= 4 is 23.4 Å². The number of carbonyl (C=O) groups excluding carboxylic acids is 3. The van der Waals surface area contributed by atoms with Gasteiger partial charge in [-0.05, 0) is 56.7 Å². The number of fused-ring (bicyclic) bond motifs is 1. The van der Waals surface area contributed by atoms with Gasteiger partial charge in [0.2, 0.25) is 17.7 Å². The zero-order chi connectivity index (χ0) is 21.6. The van der Waals surface area contributed by atoms with Gasteiger partial charge in [-0.15, -0.1) is 0 Å². The van der Waals surface area contributed by atoms with Gasteiger partial charge in [-0.25, -0.2) is 0 Å². The van der Waals surface area contributed by atoms with Crippen molar-refractivity contribution < 1.29 is 14.4 Å². The molecule has 1 aromatic rings. The smallest absolute Gasteiger partial charge is 0.249 e. The third-order valence-electron chi connectivity index (χ3n) is 8.56. The summed E-state index contributed by atoms with van der Waals surface area (Å²) in [4.78, 5) is 42.1. The van der Waals surface area contributed by atoms with Crippen LogP contribution in [0.1, 0.15) is 57.1 Å². The molecule has 1 atom stereocenters. The fraction of sp³-hybridized carbons (Fsp3) is 0.625. The lowest BCUT2D eigenvalue weighted by molar-refractivity contribution is -0.173. The van der Waals surface area contributed by atoms with Crippen molar-refractivity contribution in [2.45, 2.75) is 68.4 Å². The number of nitrogens with one attached hydrogen (secondary N) is 2. The molecule has 0 spiro atoms. The first-order chi connectivity index (χ1) is 14.8. The zero-order valence-electron chi connectivity index (χ0n) is 18.3. The number of imide groups is 1. The highest BCUT2D eigenvalue weighted by molar-refractivity contribution is 6.14. The van der Waals surface area contributed by atoms with E-state index in [0.717, 1.165) is 37.4 Å². The van der Waals surface area contributed by atoms with Crippen molar-refractivity contribution in [2.75, 3.05) is 31.1 Å². The predicted octanol–water partition coefficient (Wildman–Crippen LogP) is 1.20. The molecule has 7 rings (SSSR count). The van der Waals surface area contributed by atoms with Crippen LogP contribution < -0.4 is 15.5 Å². The Hall–Kier alpha value is -2.25. The first kappa shape index (κ1) is 19.4. The van der Waals surface area contributed by atoms with E-state index in [0.29, 0.717) is 12.0 Å². The van der Waals surface area contributed by atoms with Crippen LogP contribution in [0.25, 0.3) is 0 Å². The Kier molecular flexibility index (Phi) is 3.87. The fourth-order valence-electron chi connectivity index (χ4n) is 7.09. The molecule has 3 amide bonds. The first-order valence-electron chi connectivity index (χ1n) is 11.5. The molecular weight excluding hydrogens is 392 g/mol. The molecule has 0 radical (unpaired) electrons. The van der Waals surface area contributed by atoms with Crippen LogP contribution in [-0.2, 0) is 25.2 Å². The molecule has 7 nitrogen and oxygen atoms in total. The third-order valence-corrected chi connectivity index (χ3v) is 8.56. The lowest BCUT2D eigenvalue weighted by Gasteiger charge is -2.75. The number of carbonyl (C=O) groups is 3. The molecule has 5 fully saturated rings. The highest BCUT2D eigenvalue weighted by Gasteiger charge is 2.71. The van der Waals surface area contributed by atoms with Crippen molar-refractivity contribution in [3.8, 4) is 0 Å².